The second-order valence-electron chi connectivity index (χ2n) is 5.23. The summed E-state index contributed by atoms with van der Waals surface area (Å²) in [5.74, 6) is -3.42. The van der Waals surface area contributed by atoms with Crippen LogP contribution in [0.3, 0.4) is 0 Å². The van der Waals surface area contributed by atoms with Crippen molar-refractivity contribution in [1.82, 2.24) is 0 Å². The number of aliphatic carboxylic acids is 1. The van der Waals surface area contributed by atoms with Crippen LogP contribution in [0.2, 0.25) is 5.02 Å². The van der Waals surface area contributed by atoms with E-state index in [2.05, 4.69) is 4.99 Å². The molecule has 1 aromatic rings. The van der Waals surface area contributed by atoms with Gasteiger partial charge in [-0.3, -0.25) is 15.1 Å². The molecule has 0 aromatic heterocycles. The Morgan fingerprint density at radius 3 is 2.54 bits per heavy atom. The van der Waals surface area contributed by atoms with E-state index in [-0.39, 0.29) is 18.2 Å². The Labute approximate surface area is 141 Å². The highest BCUT2D eigenvalue weighted by molar-refractivity contribution is 6.31. The van der Waals surface area contributed by atoms with Crippen molar-refractivity contribution in [2.75, 3.05) is 0 Å². The smallest absolute Gasteiger partial charge is 0.341 e. The van der Waals surface area contributed by atoms with Crippen LogP contribution in [-0.2, 0) is 4.79 Å². The molecule has 0 amide bonds. The second kappa shape index (κ2) is 6.96. The van der Waals surface area contributed by atoms with E-state index in [1.165, 1.54) is 0 Å². The molecule has 0 atom stereocenters. The molecule has 0 unspecified atom stereocenters. The first-order chi connectivity index (χ1) is 11.3. The SMILES string of the molecule is CCC(=NC1CC1)C(C(=O)O)=C(O)c1cc(F)c(Cl)cc1[N+](=O)[O-]. The molecule has 0 radical (unpaired) electrons. The van der Waals surface area contributed by atoms with Crippen molar-refractivity contribution in [3.63, 3.8) is 0 Å². The van der Waals surface area contributed by atoms with Crippen molar-refractivity contribution >= 4 is 34.7 Å². The van der Waals surface area contributed by atoms with Gasteiger partial charge < -0.3 is 10.2 Å². The molecule has 1 saturated carbocycles. The first-order valence-corrected chi connectivity index (χ1v) is 7.51. The zero-order valence-corrected chi connectivity index (χ0v) is 13.4. The molecule has 0 saturated heterocycles. The number of carboxylic acid groups (broad SMARTS) is 1. The number of nitrogens with zero attached hydrogens (tertiary/aromatic N) is 2. The molecule has 7 nitrogen and oxygen atoms in total. The third-order valence-corrected chi connectivity index (χ3v) is 3.74. The molecule has 1 aliphatic rings. The van der Waals surface area contributed by atoms with E-state index in [1.54, 1.807) is 6.92 Å². The Hall–Kier alpha value is -2.48. The van der Waals surface area contributed by atoms with Crippen molar-refractivity contribution in [3.05, 3.63) is 44.2 Å². The highest BCUT2D eigenvalue weighted by Crippen LogP contribution is 2.33. The third-order valence-electron chi connectivity index (χ3n) is 3.45. The van der Waals surface area contributed by atoms with Gasteiger partial charge in [-0.15, -0.1) is 0 Å². The van der Waals surface area contributed by atoms with Gasteiger partial charge in [0.1, 0.15) is 17.1 Å². The summed E-state index contributed by atoms with van der Waals surface area (Å²) < 4.78 is 13.7. The number of aliphatic hydroxyl groups excluding tert-OH is 1. The zero-order chi connectivity index (χ0) is 18.0. The molecule has 1 aromatic carbocycles. The maximum absolute atomic E-state index is 13.7. The van der Waals surface area contributed by atoms with E-state index in [9.17, 15) is 29.5 Å². The average Bonchev–Trinajstić information content (AvgIpc) is 3.32. The summed E-state index contributed by atoms with van der Waals surface area (Å²) in [4.78, 5) is 26.0. The fraction of sp³-hybridized carbons (Fsp3) is 0.333. The lowest BCUT2D eigenvalue weighted by molar-refractivity contribution is -0.385. The Balaban J connectivity index is 2.70. The Kier molecular flexibility index (Phi) is 5.18. The molecule has 0 bridgehead atoms. The van der Waals surface area contributed by atoms with Gasteiger partial charge in [0.2, 0.25) is 0 Å². The number of benzene rings is 1. The summed E-state index contributed by atoms with van der Waals surface area (Å²) in [6, 6.07) is 1.35. The van der Waals surface area contributed by atoms with E-state index in [0.29, 0.717) is 6.07 Å². The van der Waals surface area contributed by atoms with Crippen molar-refractivity contribution in [3.8, 4) is 0 Å². The van der Waals surface area contributed by atoms with Crippen molar-refractivity contribution in [1.29, 1.82) is 0 Å². The van der Waals surface area contributed by atoms with Crippen LogP contribution in [0.4, 0.5) is 10.1 Å². The molecule has 0 spiro atoms. The summed E-state index contributed by atoms with van der Waals surface area (Å²) in [6.07, 6.45) is 1.83. The lowest BCUT2D eigenvalue weighted by Crippen LogP contribution is -2.16. The maximum Gasteiger partial charge on any atom is 0.341 e. The van der Waals surface area contributed by atoms with Crippen LogP contribution in [0, 0.1) is 15.9 Å². The lowest BCUT2D eigenvalue weighted by atomic mass is 10.0. The Bertz CT molecular complexity index is 771. The van der Waals surface area contributed by atoms with Gasteiger partial charge in [-0.05, 0) is 25.3 Å². The summed E-state index contributed by atoms with van der Waals surface area (Å²) >= 11 is 5.53. The molecule has 0 heterocycles. The predicted molar refractivity (Wildman–Crippen MR) is 86.0 cm³/mol. The minimum atomic E-state index is -1.50. The van der Waals surface area contributed by atoms with Crippen LogP contribution in [0.1, 0.15) is 31.7 Å². The van der Waals surface area contributed by atoms with Gasteiger partial charge in [-0.25, -0.2) is 9.18 Å². The molecule has 128 valence electrons. The molecule has 2 N–H and O–H groups in total. The first-order valence-electron chi connectivity index (χ1n) is 7.13. The number of carboxylic acids is 1. The minimum Gasteiger partial charge on any atom is -0.506 e. The van der Waals surface area contributed by atoms with E-state index in [0.717, 1.165) is 18.9 Å². The summed E-state index contributed by atoms with van der Waals surface area (Å²) in [5.41, 5.74) is -1.72. The number of aliphatic imine (C=N–C) groups is 1. The van der Waals surface area contributed by atoms with Gasteiger partial charge in [0.05, 0.1) is 27.3 Å². The Morgan fingerprint density at radius 1 is 1.46 bits per heavy atom. The van der Waals surface area contributed by atoms with Gasteiger partial charge in [0.25, 0.3) is 5.69 Å². The van der Waals surface area contributed by atoms with Crippen LogP contribution < -0.4 is 0 Å². The van der Waals surface area contributed by atoms with E-state index < -0.39 is 44.3 Å². The van der Waals surface area contributed by atoms with Crippen LogP contribution in [0.25, 0.3) is 5.76 Å². The number of aliphatic hydroxyl groups is 1. The monoisotopic (exact) mass is 356 g/mol. The normalized spacial score (nSPS) is 15.9. The fourth-order valence-corrected chi connectivity index (χ4v) is 2.29. The topological polar surface area (TPSA) is 113 Å². The minimum absolute atomic E-state index is 0.0148. The van der Waals surface area contributed by atoms with E-state index in [1.807, 2.05) is 0 Å². The highest BCUT2D eigenvalue weighted by atomic mass is 35.5. The molecule has 9 heteroatoms. The molecule has 1 aliphatic carbocycles. The van der Waals surface area contributed by atoms with Crippen LogP contribution >= 0.6 is 11.6 Å². The fourth-order valence-electron chi connectivity index (χ4n) is 2.13. The van der Waals surface area contributed by atoms with Gasteiger partial charge in [-0.2, -0.15) is 0 Å². The largest absolute Gasteiger partial charge is 0.506 e. The number of carbonyl (C=O) groups is 1. The maximum atomic E-state index is 13.7. The number of halogens is 2. The van der Waals surface area contributed by atoms with Gasteiger partial charge >= 0.3 is 5.97 Å². The lowest BCUT2D eigenvalue weighted by Gasteiger charge is -2.10. The number of hydrogen-bond acceptors (Lipinski definition) is 5. The highest BCUT2D eigenvalue weighted by Gasteiger charge is 2.29. The van der Waals surface area contributed by atoms with Crippen molar-refractivity contribution in [2.45, 2.75) is 32.2 Å². The van der Waals surface area contributed by atoms with E-state index in [4.69, 9.17) is 11.6 Å². The zero-order valence-electron chi connectivity index (χ0n) is 12.6. The molecule has 24 heavy (non-hydrogen) atoms. The predicted octanol–water partition coefficient (Wildman–Crippen LogP) is 3.75. The van der Waals surface area contributed by atoms with Crippen molar-refractivity contribution in [2.24, 2.45) is 4.99 Å². The van der Waals surface area contributed by atoms with Crippen LogP contribution in [0.5, 0.6) is 0 Å². The number of nitro benzene ring substituents is 1. The quantitative estimate of drug-likeness (QED) is 0.265. The van der Waals surface area contributed by atoms with Gasteiger partial charge in [0, 0.05) is 6.07 Å². The molecule has 0 aliphatic heterocycles. The number of hydrogen-bond donors (Lipinski definition) is 2. The first kappa shape index (κ1) is 17.9. The molecule has 1 fully saturated rings. The molecular weight excluding hydrogens is 343 g/mol. The summed E-state index contributed by atoms with van der Waals surface area (Å²) in [7, 11) is 0. The molecule has 2 rings (SSSR count). The second-order valence-corrected chi connectivity index (χ2v) is 5.64. The van der Waals surface area contributed by atoms with Crippen molar-refractivity contribution < 1.29 is 24.3 Å². The van der Waals surface area contributed by atoms with E-state index >= 15 is 0 Å². The van der Waals surface area contributed by atoms with Gasteiger partial charge in [-0.1, -0.05) is 18.5 Å². The standard InChI is InChI=1S/C15H14ClFN2O5/c1-2-11(18-7-3-4-7)13(15(21)22)14(20)8-5-10(17)9(16)6-12(8)19(23)24/h5-7,20H,2-4H2,1H3,(H,21,22). The number of rotatable bonds is 6. The summed E-state index contributed by atoms with van der Waals surface area (Å²) in [5, 5.41) is 30.4. The Morgan fingerprint density at radius 2 is 2.08 bits per heavy atom. The van der Waals surface area contributed by atoms with Crippen LogP contribution in [-0.4, -0.2) is 32.9 Å². The van der Waals surface area contributed by atoms with Crippen LogP contribution in [0.15, 0.2) is 22.7 Å². The van der Waals surface area contributed by atoms with Gasteiger partial charge in [0.15, 0.2) is 0 Å². The third kappa shape index (κ3) is 3.70. The molecular formula is C15H14ClFN2O5. The average molecular weight is 357 g/mol. The number of nitro groups is 1. The summed E-state index contributed by atoms with van der Waals surface area (Å²) in [6.45, 7) is 1.65.